The lowest BCUT2D eigenvalue weighted by molar-refractivity contribution is 0.0791. The number of thiophene rings is 1. The third-order valence-corrected chi connectivity index (χ3v) is 6.54. The van der Waals surface area contributed by atoms with Crippen LogP contribution in [0.2, 0.25) is 25.7 Å². The van der Waals surface area contributed by atoms with Crippen LogP contribution in [0.4, 0.5) is 0 Å². The summed E-state index contributed by atoms with van der Waals surface area (Å²) in [5, 5.41) is 5.82. The lowest BCUT2D eigenvalue weighted by Crippen LogP contribution is -2.22. The number of allylic oxidation sites excluding steroid dienone is 8. The van der Waals surface area contributed by atoms with Gasteiger partial charge in [-0.3, -0.25) is 0 Å². The topological polar surface area (TPSA) is 27.1 Å². The number of rotatable bonds is 6. The van der Waals surface area contributed by atoms with Crippen molar-refractivity contribution < 1.29 is 4.74 Å². The van der Waals surface area contributed by atoms with Crippen molar-refractivity contribution in [1.82, 2.24) is 9.78 Å². The molecule has 0 atom stereocenters. The first-order valence-electron chi connectivity index (χ1n) is 8.28. The molecule has 1 aliphatic rings. The van der Waals surface area contributed by atoms with Crippen molar-refractivity contribution in [1.29, 1.82) is 0 Å². The van der Waals surface area contributed by atoms with Gasteiger partial charge in [-0.1, -0.05) is 62.2 Å². The maximum Gasteiger partial charge on any atom is 0.146 e. The molecular weight excluding hydrogens is 332 g/mol. The molecular formula is C19H24N2OSSi. The SMILES string of the molecule is C[Si](C)(C)CCOCn1cc2cc(C3=C/C=C\C=C/C=C3)sc2n1. The fourth-order valence-corrected chi connectivity index (χ4v) is 4.13. The molecule has 0 unspecified atom stereocenters. The van der Waals surface area contributed by atoms with Crippen LogP contribution in [-0.2, 0) is 11.5 Å². The van der Waals surface area contributed by atoms with Crippen molar-refractivity contribution in [3.8, 4) is 0 Å². The summed E-state index contributed by atoms with van der Waals surface area (Å²) in [6.07, 6.45) is 16.6. The summed E-state index contributed by atoms with van der Waals surface area (Å²) < 4.78 is 7.68. The van der Waals surface area contributed by atoms with Crippen molar-refractivity contribution in [2.75, 3.05) is 6.61 Å². The summed E-state index contributed by atoms with van der Waals surface area (Å²) in [5.74, 6) is 0. The van der Waals surface area contributed by atoms with E-state index in [-0.39, 0.29) is 0 Å². The quantitative estimate of drug-likeness (QED) is 0.506. The van der Waals surface area contributed by atoms with Crippen LogP contribution in [0, 0.1) is 0 Å². The summed E-state index contributed by atoms with van der Waals surface area (Å²) in [4.78, 5) is 2.31. The molecule has 1 aliphatic carbocycles. The molecule has 0 N–H and O–H groups in total. The van der Waals surface area contributed by atoms with E-state index in [0.717, 1.165) is 11.4 Å². The smallest absolute Gasteiger partial charge is 0.146 e. The highest BCUT2D eigenvalue weighted by atomic mass is 32.1. The average molecular weight is 357 g/mol. The Morgan fingerprint density at radius 1 is 1.12 bits per heavy atom. The van der Waals surface area contributed by atoms with E-state index in [0.29, 0.717) is 6.73 Å². The molecule has 0 bridgehead atoms. The van der Waals surface area contributed by atoms with Crippen LogP contribution in [0.1, 0.15) is 4.88 Å². The first-order valence-corrected chi connectivity index (χ1v) is 12.8. The molecule has 0 aliphatic heterocycles. The van der Waals surface area contributed by atoms with Gasteiger partial charge < -0.3 is 4.74 Å². The molecule has 0 radical (unpaired) electrons. The molecule has 0 fully saturated rings. The number of ether oxygens (including phenoxy) is 1. The Morgan fingerprint density at radius 3 is 2.71 bits per heavy atom. The number of hydrogen-bond acceptors (Lipinski definition) is 3. The van der Waals surface area contributed by atoms with Gasteiger partial charge in [0.25, 0.3) is 0 Å². The van der Waals surface area contributed by atoms with Gasteiger partial charge >= 0.3 is 0 Å². The van der Waals surface area contributed by atoms with Crippen LogP contribution in [0.15, 0.2) is 54.8 Å². The Bertz CT molecular complexity index is 787. The van der Waals surface area contributed by atoms with E-state index in [1.165, 1.54) is 21.9 Å². The lowest BCUT2D eigenvalue weighted by atomic mass is 10.1. The zero-order valence-electron chi connectivity index (χ0n) is 14.5. The Balaban J connectivity index is 1.65. The van der Waals surface area contributed by atoms with Gasteiger partial charge in [0, 0.05) is 31.1 Å². The number of hydrogen-bond donors (Lipinski definition) is 0. The molecule has 0 aromatic carbocycles. The van der Waals surface area contributed by atoms with Gasteiger partial charge in [0.15, 0.2) is 0 Å². The Kier molecular flexibility index (Phi) is 5.33. The van der Waals surface area contributed by atoms with Crippen molar-refractivity contribution in [2.24, 2.45) is 0 Å². The first-order chi connectivity index (χ1) is 11.5. The number of nitrogens with zero attached hydrogens (tertiary/aromatic N) is 2. The summed E-state index contributed by atoms with van der Waals surface area (Å²) >= 11 is 1.73. The standard InChI is InChI=1S/C19H24N2OSSi/c1-24(2,3)12-11-22-15-21-14-17-13-18(23-19(17)20-21)16-9-7-5-4-6-8-10-16/h4-10,13-14H,11-12,15H2,1-3H3/b5-4-,6-4?,7-5?,8-6-,9-7?,10-8?,16-9?,16-10?. The van der Waals surface area contributed by atoms with Gasteiger partial charge in [0.1, 0.15) is 11.6 Å². The normalized spacial score (nSPS) is 17.5. The molecule has 0 saturated heterocycles. The van der Waals surface area contributed by atoms with E-state index in [4.69, 9.17) is 4.74 Å². The molecule has 3 nitrogen and oxygen atoms in total. The lowest BCUT2D eigenvalue weighted by Gasteiger charge is -2.15. The molecule has 24 heavy (non-hydrogen) atoms. The van der Waals surface area contributed by atoms with Crippen molar-refractivity contribution >= 4 is 35.2 Å². The molecule has 0 saturated carbocycles. The number of fused-ring (bicyclic) bond motifs is 1. The fraction of sp³-hybridized carbons (Fsp3) is 0.316. The van der Waals surface area contributed by atoms with Gasteiger partial charge in [0.05, 0.1) is 0 Å². The molecule has 0 amide bonds. The zero-order valence-corrected chi connectivity index (χ0v) is 16.3. The zero-order chi connectivity index (χ0) is 17.0. The van der Waals surface area contributed by atoms with E-state index in [9.17, 15) is 0 Å². The molecule has 126 valence electrons. The molecule has 2 aromatic heterocycles. The Hall–Kier alpha value is -1.69. The highest BCUT2D eigenvalue weighted by molar-refractivity contribution is 7.19. The predicted molar refractivity (Wildman–Crippen MR) is 107 cm³/mol. The largest absolute Gasteiger partial charge is 0.360 e. The summed E-state index contributed by atoms with van der Waals surface area (Å²) in [5.41, 5.74) is 1.22. The van der Waals surface area contributed by atoms with Crippen LogP contribution < -0.4 is 0 Å². The van der Waals surface area contributed by atoms with E-state index < -0.39 is 8.07 Å². The Morgan fingerprint density at radius 2 is 1.92 bits per heavy atom. The van der Waals surface area contributed by atoms with Crippen LogP contribution in [0.25, 0.3) is 15.8 Å². The van der Waals surface area contributed by atoms with Crippen LogP contribution >= 0.6 is 11.3 Å². The van der Waals surface area contributed by atoms with Crippen molar-refractivity contribution in [3.05, 3.63) is 59.7 Å². The monoisotopic (exact) mass is 356 g/mol. The van der Waals surface area contributed by atoms with E-state index in [1.807, 2.05) is 22.9 Å². The maximum atomic E-state index is 5.77. The van der Waals surface area contributed by atoms with Gasteiger partial charge in [0.2, 0.25) is 0 Å². The second kappa shape index (κ2) is 7.47. The van der Waals surface area contributed by atoms with Gasteiger partial charge in [-0.25, -0.2) is 4.68 Å². The van der Waals surface area contributed by atoms with Gasteiger partial charge in [-0.2, -0.15) is 5.10 Å². The average Bonchev–Trinajstić information content (AvgIpc) is 3.00. The minimum absolute atomic E-state index is 0.539. The van der Waals surface area contributed by atoms with Crippen molar-refractivity contribution in [2.45, 2.75) is 32.4 Å². The third-order valence-electron chi connectivity index (χ3n) is 3.75. The summed E-state index contributed by atoms with van der Waals surface area (Å²) in [6, 6.07) is 3.40. The molecule has 0 spiro atoms. The van der Waals surface area contributed by atoms with E-state index in [1.54, 1.807) is 11.3 Å². The van der Waals surface area contributed by atoms with Gasteiger partial charge in [-0.15, -0.1) is 11.3 Å². The second-order valence-electron chi connectivity index (χ2n) is 7.14. The van der Waals surface area contributed by atoms with Crippen LogP contribution in [0.3, 0.4) is 0 Å². The highest BCUT2D eigenvalue weighted by Crippen LogP contribution is 2.30. The summed E-state index contributed by atoms with van der Waals surface area (Å²) in [7, 11) is -1.02. The van der Waals surface area contributed by atoms with Crippen LogP contribution in [-0.4, -0.2) is 24.5 Å². The van der Waals surface area contributed by atoms with E-state index >= 15 is 0 Å². The second-order valence-corrected chi connectivity index (χ2v) is 13.8. The minimum Gasteiger partial charge on any atom is -0.360 e. The molecule has 2 heterocycles. The van der Waals surface area contributed by atoms with Crippen LogP contribution in [0.5, 0.6) is 0 Å². The Labute approximate surface area is 148 Å². The molecule has 3 rings (SSSR count). The molecule has 2 aromatic rings. The first kappa shape index (κ1) is 17.1. The highest BCUT2D eigenvalue weighted by Gasteiger charge is 2.12. The van der Waals surface area contributed by atoms with E-state index in [2.05, 4.69) is 61.3 Å². The minimum atomic E-state index is -1.02. The predicted octanol–water partition coefficient (Wildman–Crippen LogP) is 5.48. The maximum absolute atomic E-state index is 5.77. The molecule has 5 heteroatoms. The van der Waals surface area contributed by atoms with Crippen molar-refractivity contribution in [3.63, 3.8) is 0 Å². The van der Waals surface area contributed by atoms with Gasteiger partial charge in [-0.05, 0) is 17.7 Å². The number of aromatic nitrogens is 2. The fourth-order valence-electron chi connectivity index (χ4n) is 2.35. The summed E-state index contributed by atoms with van der Waals surface area (Å²) in [6.45, 7) is 8.46. The third kappa shape index (κ3) is 4.66.